The normalized spacial score (nSPS) is 14.8. The summed E-state index contributed by atoms with van der Waals surface area (Å²) in [5.74, 6) is 0.601. The number of hydrogen-bond donors (Lipinski definition) is 2. The molecular weight excluding hydrogens is 358 g/mol. The van der Waals surface area contributed by atoms with E-state index >= 15 is 0 Å². The van der Waals surface area contributed by atoms with Gasteiger partial charge in [-0.1, -0.05) is 17.7 Å². The summed E-state index contributed by atoms with van der Waals surface area (Å²) < 4.78 is 6.78. The molecule has 1 aromatic carbocycles. The molecule has 0 radical (unpaired) electrons. The second-order valence-electron chi connectivity index (χ2n) is 7.08. The van der Waals surface area contributed by atoms with Crippen LogP contribution in [0.2, 0.25) is 0 Å². The molecule has 1 aromatic heterocycles. The lowest BCUT2D eigenvalue weighted by molar-refractivity contribution is -0.895. The molecule has 8 nitrogen and oxygen atoms in total. The third kappa shape index (κ3) is 4.89. The van der Waals surface area contributed by atoms with Crippen LogP contribution < -0.4 is 10.2 Å². The maximum absolute atomic E-state index is 12.6. The predicted octanol–water partition coefficient (Wildman–Crippen LogP) is 0.785. The summed E-state index contributed by atoms with van der Waals surface area (Å²) >= 11 is 0. The van der Waals surface area contributed by atoms with Crippen LogP contribution in [0.1, 0.15) is 18.2 Å². The van der Waals surface area contributed by atoms with Crippen LogP contribution in [0, 0.1) is 13.8 Å². The maximum Gasteiger partial charge on any atom is 0.410 e. The molecule has 0 atom stereocenters. The summed E-state index contributed by atoms with van der Waals surface area (Å²) in [6, 6.07) is 9.87. The van der Waals surface area contributed by atoms with Crippen molar-refractivity contribution < 1.29 is 19.2 Å². The number of carbonyl (C=O) groups is 2. The lowest BCUT2D eigenvalue weighted by Crippen LogP contribution is -3.15. The molecule has 0 unspecified atom stereocenters. The number of quaternary nitrogens is 1. The van der Waals surface area contributed by atoms with E-state index in [-0.39, 0.29) is 12.0 Å². The van der Waals surface area contributed by atoms with Gasteiger partial charge in [0.25, 0.3) is 5.91 Å². The topological polar surface area (TPSA) is 80.9 Å². The number of nitrogens with one attached hydrogen (secondary N) is 2. The Labute approximate surface area is 165 Å². The Morgan fingerprint density at radius 3 is 2.50 bits per heavy atom. The zero-order valence-electron chi connectivity index (χ0n) is 16.7. The van der Waals surface area contributed by atoms with E-state index in [1.165, 1.54) is 5.56 Å². The number of aryl methyl sites for hydroxylation is 2. The minimum absolute atomic E-state index is 0.0622. The number of ether oxygens (including phenoxy) is 1. The molecule has 28 heavy (non-hydrogen) atoms. The van der Waals surface area contributed by atoms with Crippen molar-refractivity contribution in [3.8, 4) is 5.69 Å². The average molecular weight is 386 g/mol. The summed E-state index contributed by atoms with van der Waals surface area (Å²) in [6.07, 6.45) is -0.275. The summed E-state index contributed by atoms with van der Waals surface area (Å²) in [6.45, 7) is 9.12. The van der Waals surface area contributed by atoms with E-state index < -0.39 is 0 Å². The molecule has 1 saturated heterocycles. The molecule has 0 saturated carbocycles. The highest BCUT2D eigenvalue weighted by Crippen LogP contribution is 2.17. The van der Waals surface area contributed by atoms with Gasteiger partial charge in [-0.15, -0.1) is 0 Å². The molecule has 8 heteroatoms. The number of piperazine rings is 1. The number of amides is 2. The number of nitrogens with zero attached hydrogens (tertiary/aromatic N) is 3. The summed E-state index contributed by atoms with van der Waals surface area (Å²) in [7, 11) is 0. The minimum atomic E-state index is -0.275. The Bertz CT molecular complexity index is 823. The summed E-state index contributed by atoms with van der Waals surface area (Å²) in [4.78, 5) is 27.2. The van der Waals surface area contributed by atoms with Gasteiger partial charge in [0.2, 0.25) is 0 Å². The van der Waals surface area contributed by atoms with Crippen molar-refractivity contribution in [2.75, 3.05) is 44.6 Å². The average Bonchev–Trinajstić information content (AvgIpc) is 3.03. The number of rotatable bonds is 5. The zero-order chi connectivity index (χ0) is 20.1. The Morgan fingerprint density at radius 2 is 1.86 bits per heavy atom. The van der Waals surface area contributed by atoms with E-state index in [1.54, 1.807) is 16.5 Å². The van der Waals surface area contributed by atoms with Crippen LogP contribution in [0.4, 0.5) is 10.6 Å². The largest absolute Gasteiger partial charge is 0.450 e. The van der Waals surface area contributed by atoms with Crippen molar-refractivity contribution in [3.05, 3.63) is 41.6 Å². The first kappa shape index (κ1) is 19.9. The molecule has 1 aliphatic heterocycles. The van der Waals surface area contributed by atoms with E-state index in [9.17, 15) is 9.59 Å². The molecular formula is C20H28N5O3+. The highest BCUT2D eigenvalue weighted by Gasteiger charge is 2.26. The highest BCUT2D eigenvalue weighted by molar-refractivity contribution is 5.91. The molecule has 0 spiro atoms. The van der Waals surface area contributed by atoms with E-state index in [4.69, 9.17) is 4.74 Å². The first-order chi connectivity index (χ1) is 13.5. The van der Waals surface area contributed by atoms with E-state index in [0.717, 1.165) is 29.4 Å². The van der Waals surface area contributed by atoms with E-state index in [0.29, 0.717) is 32.1 Å². The van der Waals surface area contributed by atoms with Gasteiger partial charge in [0.15, 0.2) is 6.54 Å². The fourth-order valence-corrected chi connectivity index (χ4v) is 3.28. The molecule has 0 bridgehead atoms. The van der Waals surface area contributed by atoms with Gasteiger partial charge in [-0.3, -0.25) is 9.69 Å². The van der Waals surface area contributed by atoms with Crippen LogP contribution in [0.15, 0.2) is 30.3 Å². The molecule has 3 rings (SSSR count). The van der Waals surface area contributed by atoms with Gasteiger partial charge in [-0.25, -0.2) is 9.48 Å². The second-order valence-corrected chi connectivity index (χ2v) is 7.08. The summed E-state index contributed by atoms with van der Waals surface area (Å²) in [5, 5.41) is 7.48. The van der Waals surface area contributed by atoms with Crippen molar-refractivity contribution in [1.29, 1.82) is 0 Å². The molecule has 2 amide bonds. The third-order valence-corrected chi connectivity index (χ3v) is 4.78. The second kappa shape index (κ2) is 8.88. The number of hydrogen-bond acceptors (Lipinski definition) is 4. The fourth-order valence-electron chi connectivity index (χ4n) is 3.28. The number of aromatic nitrogens is 2. The van der Waals surface area contributed by atoms with Crippen LogP contribution in [-0.4, -0.2) is 66.0 Å². The Morgan fingerprint density at radius 1 is 1.18 bits per heavy atom. The zero-order valence-corrected chi connectivity index (χ0v) is 16.7. The molecule has 2 aromatic rings. The van der Waals surface area contributed by atoms with E-state index in [1.807, 2.05) is 44.2 Å². The molecule has 1 aliphatic rings. The standard InChI is InChI=1S/C20H27N5O3/c1-4-28-20(27)24-11-9-23(10-12-24)14-19(26)21-18-13-16(3)22-25(18)17-7-5-15(2)6-8-17/h5-8,13H,4,9-12,14H2,1-3H3,(H,21,26)/p+1. The highest BCUT2D eigenvalue weighted by atomic mass is 16.6. The van der Waals surface area contributed by atoms with Gasteiger partial charge >= 0.3 is 6.09 Å². The van der Waals surface area contributed by atoms with Gasteiger partial charge in [-0.2, -0.15) is 5.10 Å². The van der Waals surface area contributed by atoms with Gasteiger partial charge in [0, 0.05) is 6.07 Å². The lowest BCUT2D eigenvalue weighted by atomic mass is 10.2. The van der Waals surface area contributed by atoms with Crippen molar-refractivity contribution in [1.82, 2.24) is 14.7 Å². The van der Waals surface area contributed by atoms with Crippen LogP contribution in [0.3, 0.4) is 0 Å². The van der Waals surface area contributed by atoms with Gasteiger partial charge in [0.05, 0.1) is 44.2 Å². The maximum atomic E-state index is 12.6. The van der Waals surface area contributed by atoms with Crippen LogP contribution >= 0.6 is 0 Å². The van der Waals surface area contributed by atoms with Crippen LogP contribution in [0.5, 0.6) is 0 Å². The summed E-state index contributed by atoms with van der Waals surface area (Å²) in [5.41, 5.74) is 2.92. The van der Waals surface area contributed by atoms with Crippen LogP contribution in [0.25, 0.3) is 5.69 Å². The Kier molecular flexibility index (Phi) is 6.30. The monoisotopic (exact) mass is 386 g/mol. The fraction of sp³-hybridized carbons (Fsp3) is 0.450. The molecule has 2 N–H and O–H groups in total. The smallest absolute Gasteiger partial charge is 0.410 e. The molecule has 0 aliphatic carbocycles. The van der Waals surface area contributed by atoms with Crippen molar-refractivity contribution >= 4 is 17.8 Å². The van der Waals surface area contributed by atoms with Crippen LogP contribution in [-0.2, 0) is 9.53 Å². The van der Waals surface area contributed by atoms with Crippen molar-refractivity contribution in [2.24, 2.45) is 0 Å². The van der Waals surface area contributed by atoms with Gasteiger partial charge < -0.3 is 15.0 Å². The SMILES string of the molecule is CCOC(=O)N1CC[NH+](CC(=O)Nc2cc(C)nn2-c2ccc(C)cc2)CC1. The van der Waals surface area contributed by atoms with Gasteiger partial charge in [-0.05, 0) is 32.9 Å². The lowest BCUT2D eigenvalue weighted by Gasteiger charge is -2.31. The Balaban J connectivity index is 1.57. The minimum Gasteiger partial charge on any atom is -0.450 e. The number of anilines is 1. The predicted molar refractivity (Wildman–Crippen MR) is 106 cm³/mol. The first-order valence-corrected chi connectivity index (χ1v) is 9.65. The Hall–Kier alpha value is -2.87. The molecule has 1 fully saturated rings. The van der Waals surface area contributed by atoms with Crippen molar-refractivity contribution in [3.63, 3.8) is 0 Å². The molecule has 2 heterocycles. The number of carbonyl (C=O) groups excluding carboxylic acids is 2. The number of benzene rings is 1. The quantitative estimate of drug-likeness (QED) is 0.796. The van der Waals surface area contributed by atoms with Crippen molar-refractivity contribution in [2.45, 2.75) is 20.8 Å². The third-order valence-electron chi connectivity index (χ3n) is 4.78. The van der Waals surface area contributed by atoms with E-state index in [2.05, 4.69) is 10.4 Å². The first-order valence-electron chi connectivity index (χ1n) is 9.65. The van der Waals surface area contributed by atoms with Gasteiger partial charge in [0.1, 0.15) is 5.82 Å². The molecule has 150 valence electrons.